The smallest absolute Gasteiger partial charge is 0.191 e. The van der Waals surface area contributed by atoms with Crippen molar-refractivity contribution in [1.29, 1.82) is 0 Å². The minimum atomic E-state index is 0. The molecule has 2 aliphatic rings. The maximum Gasteiger partial charge on any atom is 0.191 e. The topological polar surface area (TPSA) is 45.7 Å². The summed E-state index contributed by atoms with van der Waals surface area (Å²) >= 11 is 2.00. The van der Waals surface area contributed by atoms with Gasteiger partial charge in [-0.2, -0.15) is 11.8 Å². The molecule has 0 aromatic heterocycles. The van der Waals surface area contributed by atoms with Gasteiger partial charge in [0.2, 0.25) is 0 Å². The molecule has 0 saturated heterocycles. The standard InChI is InChI=1S/C17H33N3OS.HI/c1-4-18-16(20-14-6-7-15(12-14)22-3)19-13-17(8-9-17)10-11-21-5-2;/h14-15H,4-13H2,1-3H3,(H2,18,19,20);1H. The van der Waals surface area contributed by atoms with E-state index in [2.05, 4.69) is 30.7 Å². The van der Waals surface area contributed by atoms with Gasteiger partial charge in [0, 0.05) is 37.6 Å². The van der Waals surface area contributed by atoms with E-state index in [1.807, 2.05) is 11.8 Å². The molecule has 23 heavy (non-hydrogen) atoms. The van der Waals surface area contributed by atoms with Crippen molar-refractivity contribution in [3.8, 4) is 0 Å². The summed E-state index contributed by atoms with van der Waals surface area (Å²) in [5.41, 5.74) is 0.426. The summed E-state index contributed by atoms with van der Waals surface area (Å²) in [6.07, 6.45) is 9.86. The summed E-state index contributed by atoms with van der Waals surface area (Å²) in [5.74, 6) is 1.01. The van der Waals surface area contributed by atoms with E-state index in [4.69, 9.17) is 9.73 Å². The monoisotopic (exact) mass is 455 g/mol. The lowest BCUT2D eigenvalue weighted by molar-refractivity contribution is 0.129. The molecule has 4 nitrogen and oxygen atoms in total. The van der Waals surface area contributed by atoms with Gasteiger partial charge >= 0.3 is 0 Å². The molecule has 2 aliphatic carbocycles. The molecule has 0 bridgehead atoms. The van der Waals surface area contributed by atoms with Crippen molar-refractivity contribution in [2.45, 2.75) is 63.7 Å². The predicted octanol–water partition coefficient (Wildman–Crippen LogP) is 3.65. The molecule has 0 aromatic carbocycles. The van der Waals surface area contributed by atoms with Crippen LogP contribution >= 0.6 is 35.7 Å². The van der Waals surface area contributed by atoms with Crippen LogP contribution in [0.15, 0.2) is 4.99 Å². The van der Waals surface area contributed by atoms with Crippen LogP contribution in [0.2, 0.25) is 0 Å². The van der Waals surface area contributed by atoms with Gasteiger partial charge in [0.05, 0.1) is 0 Å². The van der Waals surface area contributed by atoms with E-state index >= 15 is 0 Å². The maximum atomic E-state index is 5.51. The van der Waals surface area contributed by atoms with Crippen LogP contribution in [0.4, 0.5) is 0 Å². The van der Waals surface area contributed by atoms with Crippen molar-refractivity contribution < 1.29 is 4.74 Å². The summed E-state index contributed by atoms with van der Waals surface area (Å²) in [6, 6.07) is 0.592. The molecule has 0 aromatic rings. The fraction of sp³-hybridized carbons (Fsp3) is 0.941. The van der Waals surface area contributed by atoms with Crippen LogP contribution in [-0.4, -0.2) is 49.8 Å². The summed E-state index contributed by atoms with van der Waals surface area (Å²) in [4.78, 5) is 4.87. The lowest BCUT2D eigenvalue weighted by atomic mass is 10.0. The minimum Gasteiger partial charge on any atom is -0.382 e. The Bertz CT molecular complexity index is 364. The average molecular weight is 455 g/mol. The van der Waals surface area contributed by atoms with Crippen LogP contribution in [0.25, 0.3) is 0 Å². The lowest BCUT2D eigenvalue weighted by Gasteiger charge is -2.19. The molecule has 136 valence electrons. The Hall–Kier alpha value is 0.310. The molecule has 0 radical (unpaired) electrons. The Kier molecular flexibility index (Phi) is 10.2. The molecular weight excluding hydrogens is 421 g/mol. The Labute approximate surface area is 163 Å². The second kappa shape index (κ2) is 11.0. The molecule has 2 atom stereocenters. The molecular formula is C17H34IN3OS. The van der Waals surface area contributed by atoms with Crippen LogP contribution in [0.5, 0.6) is 0 Å². The number of halogens is 1. The number of guanidine groups is 1. The van der Waals surface area contributed by atoms with Gasteiger partial charge in [0.25, 0.3) is 0 Å². The van der Waals surface area contributed by atoms with E-state index in [0.717, 1.165) is 43.9 Å². The van der Waals surface area contributed by atoms with E-state index in [0.29, 0.717) is 11.5 Å². The molecule has 0 aliphatic heterocycles. The Morgan fingerprint density at radius 1 is 1.30 bits per heavy atom. The van der Waals surface area contributed by atoms with Crippen molar-refractivity contribution >= 4 is 41.7 Å². The zero-order valence-electron chi connectivity index (χ0n) is 14.9. The van der Waals surface area contributed by atoms with E-state index in [9.17, 15) is 0 Å². The summed E-state index contributed by atoms with van der Waals surface area (Å²) in [6.45, 7) is 7.77. The van der Waals surface area contributed by atoms with E-state index < -0.39 is 0 Å². The number of thioether (sulfide) groups is 1. The zero-order chi connectivity index (χ0) is 15.8. The van der Waals surface area contributed by atoms with Gasteiger partial charge in [-0.3, -0.25) is 4.99 Å². The van der Waals surface area contributed by atoms with Crippen LogP contribution in [0, 0.1) is 5.41 Å². The van der Waals surface area contributed by atoms with Gasteiger partial charge < -0.3 is 15.4 Å². The Morgan fingerprint density at radius 2 is 2.09 bits per heavy atom. The highest BCUT2D eigenvalue weighted by Gasteiger charge is 2.42. The molecule has 0 amide bonds. The van der Waals surface area contributed by atoms with E-state index in [1.54, 1.807) is 0 Å². The molecule has 2 saturated carbocycles. The van der Waals surface area contributed by atoms with Crippen molar-refractivity contribution in [2.75, 3.05) is 32.6 Å². The zero-order valence-corrected chi connectivity index (χ0v) is 18.0. The third kappa shape index (κ3) is 7.38. The first kappa shape index (κ1) is 21.4. The largest absolute Gasteiger partial charge is 0.382 e. The highest BCUT2D eigenvalue weighted by Crippen LogP contribution is 2.49. The molecule has 6 heteroatoms. The average Bonchev–Trinajstić information content (AvgIpc) is 3.14. The Morgan fingerprint density at radius 3 is 2.65 bits per heavy atom. The molecule has 2 N–H and O–H groups in total. The minimum absolute atomic E-state index is 0. The van der Waals surface area contributed by atoms with Crippen molar-refractivity contribution in [3.05, 3.63) is 0 Å². The first-order chi connectivity index (χ1) is 10.7. The number of hydrogen-bond donors (Lipinski definition) is 2. The highest BCUT2D eigenvalue weighted by molar-refractivity contribution is 14.0. The molecule has 0 heterocycles. The first-order valence-electron chi connectivity index (χ1n) is 8.86. The number of nitrogens with one attached hydrogen (secondary N) is 2. The van der Waals surface area contributed by atoms with Crippen molar-refractivity contribution in [2.24, 2.45) is 10.4 Å². The maximum absolute atomic E-state index is 5.51. The molecule has 2 fully saturated rings. The molecule has 2 rings (SSSR count). The lowest BCUT2D eigenvalue weighted by Crippen LogP contribution is -2.43. The second-order valence-electron chi connectivity index (χ2n) is 6.65. The number of aliphatic imine (C=N–C) groups is 1. The summed E-state index contributed by atoms with van der Waals surface area (Å²) < 4.78 is 5.51. The fourth-order valence-corrected chi connectivity index (χ4v) is 3.94. The normalized spacial score (nSPS) is 25.8. The van der Waals surface area contributed by atoms with Crippen molar-refractivity contribution in [3.63, 3.8) is 0 Å². The predicted molar refractivity (Wildman–Crippen MR) is 112 cm³/mol. The summed E-state index contributed by atoms with van der Waals surface area (Å²) in [5, 5.41) is 7.87. The number of nitrogens with zero attached hydrogens (tertiary/aromatic N) is 1. The van der Waals surface area contributed by atoms with Crippen LogP contribution in [0.1, 0.15) is 52.4 Å². The number of rotatable bonds is 9. The Balaban J connectivity index is 0.00000264. The van der Waals surface area contributed by atoms with Gasteiger partial charge in [-0.15, -0.1) is 24.0 Å². The van der Waals surface area contributed by atoms with Gasteiger partial charge in [-0.1, -0.05) is 0 Å². The molecule has 0 spiro atoms. The highest BCUT2D eigenvalue weighted by atomic mass is 127. The number of ether oxygens (including phenoxy) is 1. The summed E-state index contributed by atoms with van der Waals surface area (Å²) in [7, 11) is 0. The van der Waals surface area contributed by atoms with Gasteiger partial charge in [0.15, 0.2) is 5.96 Å². The van der Waals surface area contributed by atoms with Crippen LogP contribution < -0.4 is 10.6 Å². The fourth-order valence-electron chi connectivity index (χ4n) is 3.14. The third-order valence-electron chi connectivity index (χ3n) is 4.91. The number of hydrogen-bond acceptors (Lipinski definition) is 3. The third-order valence-corrected chi connectivity index (χ3v) is 6.01. The second-order valence-corrected chi connectivity index (χ2v) is 7.79. The quantitative estimate of drug-likeness (QED) is 0.241. The van der Waals surface area contributed by atoms with Gasteiger partial charge in [-0.25, -0.2) is 0 Å². The van der Waals surface area contributed by atoms with Gasteiger partial charge in [0.1, 0.15) is 0 Å². The van der Waals surface area contributed by atoms with Crippen LogP contribution in [0.3, 0.4) is 0 Å². The SMILES string of the molecule is CCNC(=NCC1(CCOCC)CC1)NC1CCC(SC)C1.I. The van der Waals surface area contributed by atoms with E-state index in [1.165, 1.54) is 32.1 Å². The molecule has 2 unspecified atom stereocenters. The van der Waals surface area contributed by atoms with E-state index in [-0.39, 0.29) is 24.0 Å². The van der Waals surface area contributed by atoms with Crippen molar-refractivity contribution in [1.82, 2.24) is 10.6 Å². The first-order valence-corrected chi connectivity index (χ1v) is 10.2. The van der Waals surface area contributed by atoms with Gasteiger partial charge in [-0.05, 0) is 64.0 Å². The van der Waals surface area contributed by atoms with Crippen LogP contribution in [-0.2, 0) is 4.74 Å².